The number of anilines is 1. The summed E-state index contributed by atoms with van der Waals surface area (Å²) < 4.78 is 10.4. The molecular formula is C12H11N3O2S. The number of thiazole rings is 1. The Kier molecular flexibility index (Phi) is 3.35. The Labute approximate surface area is 108 Å². The summed E-state index contributed by atoms with van der Waals surface area (Å²) in [5, 5.41) is 9.40. The van der Waals surface area contributed by atoms with Crippen molar-refractivity contribution in [3.8, 4) is 28.8 Å². The molecule has 0 aliphatic carbocycles. The molecule has 2 rings (SSSR count). The van der Waals surface area contributed by atoms with Gasteiger partial charge >= 0.3 is 0 Å². The van der Waals surface area contributed by atoms with Crippen molar-refractivity contribution in [1.82, 2.24) is 4.98 Å². The number of benzene rings is 1. The van der Waals surface area contributed by atoms with Crippen LogP contribution in [0.25, 0.3) is 11.3 Å². The first-order chi connectivity index (χ1) is 8.69. The molecule has 0 fully saturated rings. The van der Waals surface area contributed by atoms with Crippen LogP contribution in [-0.2, 0) is 0 Å². The Hall–Kier alpha value is -2.26. The molecule has 2 aromatic rings. The van der Waals surface area contributed by atoms with Gasteiger partial charge in [-0.1, -0.05) is 11.3 Å². The van der Waals surface area contributed by atoms with Crippen molar-refractivity contribution < 1.29 is 9.47 Å². The third kappa shape index (κ3) is 2.08. The maximum absolute atomic E-state index is 9.03. The number of hydrogen-bond donors (Lipinski definition) is 1. The number of methoxy groups -OCH3 is 2. The van der Waals surface area contributed by atoms with Gasteiger partial charge in [-0.25, -0.2) is 4.98 Å². The van der Waals surface area contributed by atoms with Crippen LogP contribution in [0.4, 0.5) is 5.13 Å². The maximum Gasteiger partial charge on any atom is 0.181 e. The van der Waals surface area contributed by atoms with E-state index in [1.165, 1.54) is 11.3 Å². The Bertz CT molecular complexity index is 616. The number of nitrogens with zero attached hydrogens (tertiary/aromatic N) is 2. The molecule has 0 spiro atoms. The highest BCUT2D eigenvalue weighted by molar-refractivity contribution is 7.16. The van der Waals surface area contributed by atoms with Gasteiger partial charge in [0.2, 0.25) is 0 Å². The highest BCUT2D eigenvalue weighted by Crippen LogP contribution is 2.35. The third-order valence-electron chi connectivity index (χ3n) is 2.40. The van der Waals surface area contributed by atoms with Crippen LogP contribution in [0.1, 0.15) is 4.88 Å². The summed E-state index contributed by atoms with van der Waals surface area (Å²) in [6, 6.07) is 7.44. The van der Waals surface area contributed by atoms with Gasteiger partial charge in [0.15, 0.2) is 16.6 Å². The number of nitrogens with two attached hydrogens (primary N) is 1. The fourth-order valence-corrected chi connectivity index (χ4v) is 2.24. The molecule has 0 aliphatic heterocycles. The van der Waals surface area contributed by atoms with Crippen molar-refractivity contribution in [1.29, 1.82) is 5.26 Å². The average molecular weight is 261 g/mol. The van der Waals surface area contributed by atoms with Crippen molar-refractivity contribution >= 4 is 16.5 Å². The molecule has 0 aliphatic rings. The van der Waals surface area contributed by atoms with Crippen LogP contribution in [0.3, 0.4) is 0 Å². The minimum Gasteiger partial charge on any atom is -0.493 e. The number of hydrogen-bond acceptors (Lipinski definition) is 6. The molecule has 0 radical (unpaired) electrons. The molecule has 1 aromatic heterocycles. The standard InChI is InChI=1S/C12H11N3O2S/c1-16-8-4-3-7(5-9(8)17-2)11-10(6-13)18-12(14)15-11/h3-5H,1-2H3,(H2,14,15). The number of nitrogen functional groups attached to an aromatic ring is 1. The smallest absolute Gasteiger partial charge is 0.181 e. The predicted octanol–water partition coefficient (Wildman–Crippen LogP) is 2.28. The SMILES string of the molecule is COc1ccc(-c2nc(N)sc2C#N)cc1OC. The monoisotopic (exact) mass is 261 g/mol. The highest BCUT2D eigenvalue weighted by Gasteiger charge is 2.13. The first-order valence-electron chi connectivity index (χ1n) is 5.08. The normalized spacial score (nSPS) is 9.83. The van der Waals surface area contributed by atoms with E-state index >= 15 is 0 Å². The van der Waals surface area contributed by atoms with E-state index in [9.17, 15) is 0 Å². The third-order valence-corrected chi connectivity index (χ3v) is 3.19. The largest absolute Gasteiger partial charge is 0.493 e. The van der Waals surface area contributed by atoms with Gasteiger partial charge in [0.25, 0.3) is 0 Å². The maximum atomic E-state index is 9.03. The second kappa shape index (κ2) is 4.94. The Morgan fingerprint density at radius 1 is 1.28 bits per heavy atom. The van der Waals surface area contributed by atoms with E-state index in [-0.39, 0.29) is 0 Å². The predicted molar refractivity (Wildman–Crippen MR) is 69.8 cm³/mol. The lowest BCUT2D eigenvalue weighted by atomic mass is 10.1. The fraction of sp³-hybridized carbons (Fsp3) is 0.167. The molecule has 2 N–H and O–H groups in total. The molecule has 6 heteroatoms. The van der Waals surface area contributed by atoms with E-state index in [2.05, 4.69) is 11.1 Å². The topological polar surface area (TPSA) is 81.2 Å². The van der Waals surface area contributed by atoms with Crippen LogP contribution < -0.4 is 15.2 Å². The van der Waals surface area contributed by atoms with Gasteiger partial charge < -0.3 is 15.2 Å². The molecule has 0 unspecified atom stereocenters. The first kappa shape index (κ1) is 12.2. The van der Waals surface area contributed by atoms with Gasteiger partial charge in [0.05, 0.1) is 14.2 Å². The zero-order valence-corrected chi connectivity index (χ0v) is 10.7. The zero-order chi connectivity index (χ0) is 13.1. The Morgan fingerprint density at radius 2 is 2.00 bits per heavy atom. The van der Waals surface area contributed by atoms with E-state index in [0.717, 1.165) is 5.56 Å². The number of aromatic nitrogens is 1. The summed E-state index contributed by atoms with van der Waals surface area (Å²) in [4.78, 5) is 4.65. The molecule has 0 atom stereocenters. The molecule has 0 saturated heterocycles. The fourth-order valence-electron chi connectivity index (χ4n) is 1.59. The van der Waals surface area contributed by atoms with Gasteiger partial charge in [-0.3, -0.25) is 0 Å². The number of nitriles is 1. The molecule has 92 valence electrons. The summed E-state index contributed by atoms with van der Waals surface area (Å²) in [7, 11) is 3.13. The van der Waals surface area contributed by atoms with Crippen LogP contribution in [0.5, 0.6) is 11.5 Å². The molecule has 1 aromatic carbocycles. The van der Waals surface area contributed by atoms with Crippen LogP contribution in [-0.4, -0.2) is 19.2 Å². The molecular weight excluding hydrogens is 250 g/mol. The van der Waals surface area contributed by atoms with Crippen LogP contribution in [0.2, 0.25) is 0 Å². The van der Waals surface area contributed by atoms with Gasteiger partial charge in [-0.2, -0.15) is 5.26 Å². The zero-order valence-electron chi connectivity index (χ0n) is 9.93. The molecule has 0 saturated carbocycles. The van der Waals surface area contributed by atoms with Crippen LogP contribution in [0.15, 0.2) is 18.2 Å². The lowest BCUT2D eigenvalue weighted by Gasteiger charge is -2.08. The van der Waals surface area contributed by atoms with Crippen LogP contribution in [0, 0.1) is 11.3 Å². The van der Waals surface area contributed by atoms with Gasteiger partial charge in [0, 0.05) is 5.56 Å². The van der Waals surface area contributed by atoms with Crippen molar-refractivity contribution in [2.45, 2.75) is 0 Å². The number of ether oxygens (including phenoxy) is 2. The molecule has 0 bridgehead atoms. The molecule has 18 heavy (non-hydrogen) atoms. The van der Waals surface area contributed by atoms with E-state index in [1.54, 1.807) is 26.4 Å². The molecule has 0 amide bonds. The first-order valence-corrected chi connectivity index (χ1v) is 5.90. The van der Waals surface area contributed by atoms with Gasteiger partial charge in [-0.05, 0) is 18.2 Å². The highest BCUT2D eigenvalue weighted by atomic mass is 32.1. The summed E-state index contributed by atoms with van der Waals surface area (Å²) >= 11 is 1.17. The summed E-state index contributed by atoms with van der Waals surface area (Å²) in [6.07, 6.45) is 0. The Balaban J connectivity index is 2.54. The van der Waals surface area contributed by atoms with Crippen molar-refractivity contribution in [2.75, 3.05) is 20.0 Å². The average Bonchev–Trinajstić information content (AvgIpc) is 2.79. The quantitative estimate of drug-likeness (QED) is 0.916. The molecule has 1 heterocycles. The minimum atomic E-state index is 0.372. The van der Waals surface area contributed by atoms with Crippen molar-refractivity contribution in [3.63, 3.8) is 0 Å². The lowest BCUT2D eigenvalue weighted by Crippen LogP contribution is -1.91. The molecule has 5 nitrogen and oxygen atoms in total. The summed E-state index contributed by atoms with van der Waals surface area (Å²) in [6.45, 7) is 0. The van der Waals surface area contributed by atoms with E-state index < -0.39 is 0 Å². The van der Waals surface area contributed by atoms with Crippen LogP contribution >= 0.6 is 11.3 Å². The summed E-state index contributed by atoms with van der Waals surface area (Å²) in [5.74, 6) is 1.22. The lowest BCUT2D eigenvalue weighted by molar-refractivity contribution is 0.355. The second-order valence-corrected chi connectivity index (χ2v) is 4.44. The Morgan fingerprint density at radius 3 is 2.61 bits per heavy atom. The van der Waals surface area contributed by atoms with E-state index in [4.69, 9.17) is 20.5 Å². The number of rotatable bonds is 3. The minimum absolute atomic E-state index is 0.372. The van der Waals surface area contributed by atoms with Crippen molar-refractivity contribution in [3.05, 3.63) is 23.1 Å². The second-order valence-electron chi connectivity index (χ2n) is 3.41. The van der Waals surface area contributed by atoms with Gasteiger partial charge in [-0.15, -0.1) is 0 Å². The van der Waals surface area contributed by atoms with Crippen molar-refractivity contribution in [2.24, 2.45) is 0 Å². The van der Waals surface area contributed by atoms with E-state index in [1.807, 2.05) is 6.07 Å². The van der Waals surface area contributed by atoms with E-state index in [0.29, 0.717) is 27.2 Å². The van der Waals surface area contributed by atoms with Gasteiger partial charge in [0.1, 0.15) is 16.6 Å². The summed E-state index contributed by atoms with van der Waals surface area (Å²) in [5.41, 5.74) is 6.96.